The van der Waals surface area contributed by atoms with Crippen LogP contribution in [-0.2, 0) is 0 Å². The molecule has 9 heavy (non-hydrogen) atoms. The molecule has 3 N–H and O–H groups in total. The maximum absolute atomic E-state index is 8.73. The van der Waals surface area contributed by atoms with E-state index in [0.29, 0.717) is 5.69 Å². The molecule has 0 unspecified atom stereocenters. The maximum atomic E-state index is 8.73. The smallest absolute Gasteiger partial charge is 0.117 e. The first-order chi connectivity index (χ1) is 3.79. The Bertz CT molecular complexity index is 173. The molecule has 0 aromatic heterocycles. The van der Waals surface area contributed by atoms with Crippen LogP contribution in [0.2, 0.25) is 0 Å². The molecule has 3 heteroatoms. The monoisotopic (exact) mass is 132 g/mol. The van der Waals surface area contributed by atoms with Gasteiger partial charge in [0.15, 0.2) is 0 Å². The fourth-order valence-electron chi connectivity index (χ4n) is 0.525. The predicted molar refractivity (Wildman–Crippen MR) is 38.3 cm³/mol. The molecule has 0 fully saturated rings. The number of phenols is 1. The molecule has 0 saturated carbocycles. The molecule has 1 radical (unpaired) electrons. The molecule has 0 aliphatic heterocycles. The van der Waals surface area contributed by atoms with E-state index in [4.69, 9.17) is 10.8 Å². The minimum absolute atomic E-state index is 0. The molecular weight excluding hydrogens is 125 g/mol. The van der Waals surface area contributed by atoms with Gasteiger partial charge in [-0.3, -0.25) is 0 Å². The summed E-state index contributed by atoms with van der Waals surface area (Å²) in [7, 11) is 0. The molecule has 1 rings (SSSR count). The summed E-state index contributed by atoms with van der Waals surface area (Å²) in [6.07, 6.45) is 0. The summed E-state index contributed by atoms with van der Waals surface area (Å²) in [6, 6.07) is 6.50. The summed E-state index contributed by atoms with van der Waals surface area (Å²) in [5.74, 6) is 0.213. The molecule has 1 aromatic carbocycles. The van der Waals surface area contributed by atoms with Gasteiger partial charge in [-0.1, -0.05) is 6.07 Å². The van der Waals surface area contributed by atoms with Crippen molar-refractivity contribution in [2.45, 2.75) is 0 Å². The number of aromatic hydroxyl groups is 1. The number of nitrogens with two attached hydrogens (primary N) is 1. The zero-order valence-corrected chi connectivity index (χ0v) is 7.33. The van der Waals surface area contributed by atoms with E-state index >= 15 is 0 Å². The quantitative estimate of drug-likeness (QED) is 0.401. The molecule has 43 valence electrons. The van der Waals surface area contributed by atoms with E-state index in [0.717, 1.165) is 0 Å². The van der Waals surface area contributed by atoms with Crippen molar-refractivity contribution >= 4 is 35.2 Å². The molecule has 0 bridgehead atoms. The molecule has 0 aliphatic carbocycles. The van der Waals surface area contributed by atoms with Crippen molar-refractivity contribution in [3.8, 4) is 5.75 Å². The van der Waals surface area contributed by atoms with Crippen LogP contribution in [0.25, 0.3) is 0 Å². The summed E-state index contributed by atoms with van der Waals surface area (Å²) in [5.41, 5.74) is 5.89. The first kappa shape index (κ1) is 8.82. The molecule has 0 atom stereocenters. The summed E-state index contributed by atoms with van der Waals surface area (Å²) in [6.45, 7) is 0. The van der Waals surface area contributed by atoms with Crippen molar-refractivity contribution in [2.24, 2.45) is 0 Å². The molecular formula is C6H7NNaO. The van der Waals surface area contributed by atoms with Crippen LogP contribution in [0.3, 0.4) is 0 Å². The number of hydrogen-bond donors (Lipinski definition) is 2. The topological polar surface area (TPSA) is 46.2 Å². The van der Waals surface area contributed by atoms with Gasteiger partial charge in [-0.25, -0.2) is 0 Å². The number of benzene rings is 1. The van der Waals surface area contributed by atoms with E-state index in [1.54, 1.807) is 18.2 Å². The van der Waals surface area contributed by atoms with Crippen LogP contribution in [0.15, 0.2) is 24.3 Å². The molecule has 0 heterocycles. The first-order valence-electron chi connectivity index (χ1n) is 2.33. The van der Waals surface area contributed by atoms with Crippen molar-refractivity contribution < 1.29 is 5.11 Å². The average molecular weight is 132 g/mol. The molecule has 0 amide bonds. The van der Waals surface area contributed by atoms with Gasteiger partial charge in [-0.15, -0.1) is 0 Å². The van der Waals surface area contributed by atoms with E-state index in [1.165, 1.54) is 6.07 Å². The van der Waals surface area contributed by atoms with E-state index in [1.807, 2.05) is 0 Å². The van der Waals surface area contributed by atoms with Gasteiger partial charge >= 0.3 is 0 Å². The Labute approximate surface area is 76.0 Å². The van der Waals surface area contributed by atoms with Crippen LogP contribution in [0.5, 0.6) is 5.75 Å². The van der Waals surface area contributed by atoms with Crippen LogP contribution in [-0.4, -0.2) is 34.7 Å². The van der Waals surface area contributed by atoms with Crippen molar-refractivity contribution in [3.63, 3.8) is 0 Å². The average Bonchev–Trinajstić information content (AvgIpc) is 1.64. The van der Waals surface area contributed by atoms with Gasteiger partial charge in [-0.2, -0.15) is 0 Å². The minimum Gasteiger partial charge on any atom is -0.508 e. The summed E-state index contributed by atoms with van der Waals surface area (Å²) in [5, 5.41) is 8.73. The first-order valence-corrected chi connectivity index (χ1v) is 2.33. The van der Waals surface area contributed by atoms with Crippen LogP contribution >= 0.6 is 0 Å². The van der Waals surface area contributed by atoms with Crippen LogP contribution in [0.1, 0.15) is 0 Å². The second-order valence-electron chi connectivity index (χ2n) is 1.59. The third kappa shape index (κ3) is 2.75. The number of phenolic OH excluding ortho intramolecular Hbond substituents is 1. The zero-order valence-electron chi connectivity index (χ0n) is 5.33. The van der Waals surface area contributed by atoms with E-state index in [2.05, 4.69) is 0 Å². The number of rotatable bonds is 0. The Morgan fingerprint density at radius 3 is 2.33 bits per heavy atom. The van der Waals surface area contributed by atoms with Gasteiger partial charge in [0.2, 0.25) is 0 Å². The Hall–Kier alpha value is -0.180. The number of nitrogen functional groups attached to an aromatic ring is 1. The fourth-order valence-corrected chi connectivity index (χ4v) is 0.525. The predicted octanol–water partition coefficient (Wildman–Crippen LogP) is 0.594. The van der Waals surface area contributed by atoms with Crippen LogP contribution in [0.4, 0.5) is 5.69 Å². The van der Waals surface area contributed by atoms with Crippen molar-refractivity contribution in [1.29, 1.82) is 0 Å². The van der Waals surface area contributed by atoms with Crippen LogP contribution < -0.4 is 5.73 Å². The van der Waals surface area contributed by atoms with E-state index in [-0.39, 0.29) is 35.3 Å². The van der Waals surface area contributed by atoms with Gasteiger partial charge < -0.3 is 10.8 Å². The normalized spacial score (nSPS) is 8.00. The van der Waals surface area contributed by atoms with Crippen molar-refractivity contribution in [2.75, 3.05) is 5.73 Å². The molecule has 2 nitrogen and oxygen atoms in total. The van der Waals surface area contributed by atoms with E-state index < -0.39 is 0 Å². The Morgan fingerprint density at radius 1 is 1.33 bits per heavy atom. The Balaban J connectivity index is 0.000000640. The number of hydrogen-bond acceptors (Lipinski definition) is 2. The van der Waals surface area contributed by atoms with Gasteiger partial charge in [0.1, 0.15) is 5.75 Å². The Morgan fingerprint density at radius 2 is 2.00 bits per heavy atom. The molecule has 0 saturated heterocycles. The zero-order chi connectivity index (χ0) is 5.98. The van der Waals surface area contributed by atoms with Gasteiger partial charge in [0.25, 0.3) is 0 Å². The SMILES string of the molecule is Nc1cccc(O)c1.[Na]. The summed E-state index contributed by atoms with van der Waals surface area (Å²) in [4.78, 5) is 0. The van der Waals surface area contributed by atoms with E-state index in [9.17, 15) is 0 Å². The fraction of sp³-hybridized carbons (Fsp3) is 0. The standard InChI is InChI=1S/C6H7NO.Na/c7-5-2-1-3-6(8)4-5;/h1-4,8H,7H2;. The minimum atomic E-state index is 0. The Kier molecular flexibility index (Phi) is 3.70. The van der Waals surface area contributed by atoms with Crippen LogP contribution in [0, 0.1) is 0 Å². The molecule has 0 aliphatic rings. The van der Waals surface area contributed by atoms with Gasteiger partial charge in [0.05, 0.1) is 0 Å². The molecule has 0 spiro atoms. The van der Waals surface area contributed by atoms with Gasteiger partial charge in [0, 0.05) is 41.3 Å². The maximum Gasteiger partial charge on any atom is 0.117 e. The van der Waals surface area contributed by atoms with Gasteiger partial charge in [-0.05, 0) is 12.1 Å². The van der Waals surface area contributed by atoms with Crippen molar-refractivity contribution in [3.05, 3.63) is 24.3 Å². The largest absolute Gasteiger partial charge is 0.508 e. The third-order valence-electron chi connectivity index (χ3n) is 0.870. The summed E-state index contributed by atoms with van der Waals surface area (Å²) < 4.78 is 0. The second-order valence-corrected chi connectivity index (χ2v) is 1.59. The summed E-state index contributed by atoms with van der Waals surface area (Å²) >= 11 is 0. The van der Waals surface area contributed by atoms with Crippen molar-refractivity contribution in [1.82, 2.24) is 0 Å². The second kappa shape index (κ2) is 3.77. The molecule has 1 aromatic rings. The number of anilines is 1. The third-order valence-corrected chi connectivity index (χ3v) is 0.870.